The van der Waals surface area contributed by atoms with E-state index in [1.165, 1.54) is 0 Å². The van der Waals surface area contributed by atoms with E-state index in [-0.39, 0.29) is 18.1 Å². The van der Waals surface area contributed by atoms with Gasteiger partial charge in [-0.25, -0.2) is 0 Å². The normalized spacial score (nSPS) is 19.4. The van der Waals surface area contributed by atoms with Crippen LogP contribution >= 0.6 is 0 Å². The highest BCUT2D eigenvalue weighted by Crippen LogP contribution is 2.31. The predicted octanol–water partition coefficient (Wildman–Crippen LogP) is 2.62. The summed E-state index contributed by atoms with van der Waals surface area (Å²) in [5.41, 5.74) is 1.94. The van der Waals surface area contributed by atoms with Gasteiger partial charge in [0.15, 0.2) is 11.5 Å². The summed E-state index contributed by atoms with van der Waals surface area (Å²) in [7, 11) is 1.93. The minimum absolute atomic E-state index is 0.0475. The molecule has 0 unspecified atom stereocenters. The van der Waals surface area contributed by atoms with Gasteiger partial charge < -0.3 is 24.4 Å². The lowest BCUT2D eigenvalue weighted by Gasteiger charge is -2.31. The van der Waals surface area contributed by atoms with Gasteiger partial charge in [-0.15, -0.1) is 0 Å². The number of para-hydroxylation sites is 2. The smallest absolute Gasteiger partial charge is 0.241 e. The molecule has 1 fully saturated rings. The lowest BCUT2D eigenvalue weighted by molar-refractivity contribution is -0.120. The average Bonchev–Trinajstić information content (AvgIpc) is 2.79. The summed E-state index contributed by atoms with van der Waals surface area (Å²) in [6.45, 7) is 6.26. The van der Waals surface area contributed by atoms with E-state index >= 15 is 0 Å². The molecule has 4 rings (SSSR count). The van der Waals surface area contributed by atoms with Crippen LogP contribution in [0.1, 0.15) is 6.92 Å². The van der Waals surface area contributed by atoms with Crippen molar-refractivity contribution in [1.29, 1.82) is 0 Å². The number of ether oxygens (including phenoxy) is 3. The predicted molar refractivity (Wildman–Crippen MR) is 117 cm³/mol. The molecule has 0 aromatic heterocycles. The van der Waals surface area contributed by atoms with Crippen LogP contribution < -0.4 is 19.7 Å². The monoisotopic (exact) mass is 411 g/mol. The van der Waals surface area contributed by atoms with Crippen LogP contribution in [0.15, 0.2) is 48.5 Å². The molecule has 2 aliphatic rings. The van der Waals surface area contributed by atoms with Crippen LogP contribution in [0, 0.1) is 0 Å². The van der Waals surface area contributed by atoms with Crippen molar-refractivity contribution in [2.75, 3.05) is 56.7 Å². The molecule has 2 aliphatic heterocycles. The largest absolute Gasteiger partial charge is 0.486 e. The number of fused-ring (bicyclic) bond motifs is 1. The number of morpholine rings is 1. The first-order chi connectivity index (χ1) is 14.6. The van der Waals surface area contributed by atoms with Crippen LogP contribution in [-0.4, -0.2) is 69.5 Å². The zero-order valence-corrected chi connectivity index (χ0v) is 17.5. The first kappa shape index (κ1) is 20.5. The number of benzene rings is 2. The van der Waals surface area contributed by atoms with Gasteiger partial charge in [-0.3, -0.25) is 9.69 Å². The van der Waals surface area contributed by atoms with Gasteiger partial charge in [0.2, 0.25) is 5.91 Å². The topological polar surface area (TPSA) is 63.3 Å². The number of nitrogens with one attached hydrogen (secondary N) is 1. The van der Waals surface area contributed by atoms with Crippen molar-refractivity contribution in [1.82, 2.24) is 4.90 Å². The Bertz CT molecular complexity index is 852. The molecular weight excluding hydrogens is 382 g/mol. The van der Waals surface area contributed by atoms with Crippen molar-refractivity contribution >= 4 is 17.3 Å². The number of likely N-dealkylation sites (N-methyl/N-ethyl adjacent to an activating group) is 1. The van der Waals surface area contributed by atoms with E-state index in [0.717, 1.165) is 49.2 Å². The van der Waals surface area contributed by atoms with Crippen molar-refractivity contribution in [3.05, 3.63) is 48.5 Å². The van der Waals surface area contributed by atoms with E-state index in [2.05, 4.69) is 10.2 Å². The van der Waals surface area contributed by atoms with E-state index in [0.29, 0.717) is 13.2 Å². The SMILES string of the molecule is C[C@H](C(=O)Nc1ccc(N2CCOCC2)cc1)N(C)C[C@H]1COc2ccccc2O1. The lowest BCUT2D eigenvalue weighted by atomic mass is 10.2. The molecule has 160 valence electrons. The molecule has 0 spiro atoms. The fourth-order valence-electron chi connectivity index (χ4n) is 3.66. The van der Waals surface area contributed by atoms with Gasteiger partial charge in [0.05, 0.1) is 19.3 Å². The second-order valence-corrected chi connectivity index (χ2v) is 7.75. The second kappa shape index (κ2) is 9.36. The van der Waals surface area contributed by atoms with Gasteiger partial charge in [-0.05, 0) is 50.4 Å². The summed E-state index contributed by atoms with van der Waals surface area (Å²) in [5.74, 6) is 1.47. The van der Waals surface area contributed by atoms with Crippen molar-refractivity contribution in [3.63, 3.8) is 0 Å². The molecular formula is C23H29N3O4. The Labute approximate surface area is 177 Å². The minimum atomic E-state index is -0.301. The first-order valence-electron chi connectivity index (χ1n) is 10.4. The van der Waals surface area contributed by atoms with Crippen molar-refractivity contribution in [2.45, 2.75) is 19.1 Å². The number of rotatable bonds is 6. The molecule has 0 radical (unpaired) electrons. The van der Waals surface area contributed by atoms with Gasteiger partial charge in [0.25, 0.3) is 0 Å². The van der Waals surface area contributed by atoms with E-state index < -0.39 is 0 Å². The van der Waals surface area contributed by atoms with E-state index in [4.69, 9.17) is 14.2 Å². The highest BCUT2D eigenvalue weighted by Gasteiger charge is 2.26. The lowest BCUT2D eigenvalue weighted by Crippen LogP contribution is -2.46. The number of carbonyl (C=O) groups is 1. The quantitative estimate of drug-likeness (QED) is 0.789. The van der Waals surface area contributed by atoms with Crippen molar-refractivity contribution < 1.29 is 19.0 Å². The molecule has 2 aromatic carbocycles. The van der Waals surface area contributed by atoms with Crippen LogP contribution in [0.2, 0.25) is 0 Å². The first-order valence-corrected chi connectivity index (χ1v) is 10.4. The molecule has 0 bridgehead atoms. The zero-order chi connectivity index (χ0) is 20.9. The van der Waals surface area contributed by atoms with Gasteiger partial charge in [0, 0.05) is 31.0 Å². The fraction of sp³-hybridized carbons (Fsp3) is 0.435. The van der Waals surface area contributed by atoms with E-state index in [9.17, 15) is 4.79 Å². The van der Waals surface area contributed by atoms with Crippen molar-refractivity contribution in [3.8, 4) is 11.5 Å². The van der Waals surface area contributed by atoms with Gasteiger partial charge >= 0.3 is 0 Å². The van der Waals surface area contributed by atoms with Crippen molar-refractivity contribution in [2.24, 2.45) is 0 Å². The van der Waals surface area contributed by atoms with E-state index in [1.807, 2.05) is 67.4 Å². The molecule has 2 aromatic rings. The summed E-state index contributed by atoms with van der Waals surface area (Å²) in [4.78, 5) is 17.0. The van der Waals surface area contributed by atoms with Gasteiger partial charge in [-0.2, -0.15) is 0 Å². The third-order valence-corrected chi connectivity index (χ3v) is 5.61. The second-order valence-electron chi connectivity index (χ2n) is 7.75. The standard InChI is InChI=1S/C23H29N3O4/c1-17(25(2)15-20-16-29-21-5-3-4-6-22(21)30-20)23(27)24-18-7-9-19(10-8-18)26-11-13-28-14-12-26/h3-10,17,20H,11-16H2,1-2H3,(H,24,27)/t17-,20+/m1/s1. The van der Waals surface area contributed by atoms with Crippen LogP contribution in [0.25, 0.3) is 0 Å². The molecule has 7 heteroatoms. The molecule has 1 saturated heterocycles. The molecule has 1 N–H and O–H groups in total. The summed E-state index contributed by atoms with van der Waals surface area (Å²) >= 11 is 0. The molecule has 0 saturated carbocycles. The Morgan fingerprint density at radius 2 is 1.83 bits per heavy atom. The highest BCUT2D eigenvalue weighted by molar-refractivity contribution is 5.94. The van der Waals surface area contributed by atoms with Crippen LogP contribution in [0.3, 0.4) is 0 Å². The number of anilines is 2. The van der Waals surface area contributed by atoms with Gasteiger partial charge in [-0.1, -0.05) is 12.1 Å². The number of carbonyl (C=O) groups excluding carboxylic acids is 1. The van der Waals surface area contributed by atoms with E-state index in [1.54, 1.807) is 0 Å². The summed E-state index contributed by atoms with van der Waals surface area (Å²) in [5, 5.41) is 3.01. The molecule has 1 amide bonds. The Kier molecular flexibility index (Phi) is 6.40. The van der Waals surface area contributed by atoms with Crippen LogP contribution in [0.4, 0.5) is 11.4 Å². The summed E-state index contributed by atoms with van der Waals surface area (Å²) in [6.07, 6.45) is -0.118. The van der Waals surface area contributed by atoms with Crippen LogP contribution in [0.5, 0.6) is 11.5 Å². The van der Waals surface area contributed by atoms with Gasteiger partial charge in [0.1, 0.15) is 12.7 Å². The number of hydrogen-bond acceptors (Lipinski definition) is 6. The third kappa shape index (κ3) is 4.86. The van der Waals surface area contributed by atoms with Crippen LogP contribution in [-0.2, 0) is 9.53 Å². The maximum absolute atomic E-state index is 12.7. The molecule has 7 nitrogen and oxygen atoms in total. The maximum Gasteiger partial charge on any atom is 0.241 e. The Morgan fingerprint density at radius 1 is 1.13 bits per heavy atom. The Hall–Kier alpha value is -2.77. The summed E-state index contributed by atoms with van der Waals surface area (Å²) in [6, 6.07) is 15.3. The third-order valence-electron chi connectivity index (χ3n) is 5.61. The molecule has 30 heavy (non-hydrogen) atoms. The number of hydrogen-bond donors (Lipinski definition) is 1. The minimum Gasteiger partial charge on any atom is -0.486 e. The number of amides is 1. The zero-order valence-electron chi connectivity index (χ0n) is 17.5. The average molecular weight is 412 g/mol. The molecule has 0 aliphatic carbocycles. The molecule has 2 heterocycles. The summed E-state index contributed by atoms with van der Waals surface area (Å²) < 4.78 is 17.2. The maximum atomic E-state index is 12.7. The number of nitrogens with zero attached hydrogens (tertiary/aromatic N) is 2. The molecule has 2 atom stereocenters. The fourth-order valence-corrected chi connectivity index (χ4v) is 3.66. The Balaban J connectivity index is 1.29. The highest BCUT2D eigenvalue weighted by atomic mass is 16.6. The Morgan fingerprint density at radius 3 is 2.57 bits per heavy atom.